The standard InChI is InChI=1S/C18H24N4OS.2ClH/c1-22(11-17-12-24-13-20-17)10-14-4-2-5-16(8-14)21-18(23)9-15-6-3-7-19-15;;/h2,4-5,8,12-13,15,19H,3,6-7,9-11H2,1H3,(H,21,23);2*1H. The van der Waals surface area contributed by atoms with Gasteiger partial charge in [0.2, 0.25) is 5.91 Å². The van der Waals surface area contributed by atoms with Gasteiger partial charge in [-0.15, -0.1) is 36.2 Å². The normalized spacial score (nSPS) is 16.0. The SMILES string of the molecule is CN(Cc1cccc(NC(=O)CC2CCCN2)c1)Cc1cscn1.Cl.Cl. The van der Waals surface area contributed by atoms with Crippen molar-refractivity contribution >= 4 is 47.7 Å². The van der Waals surface area contributed by atoms with Gasteiger partial charge in [0, 0.05) is 36.6 Å². The number of hydrogen-bond donors (Lipinski definition) is 2. The summed E-state index contributed by atoms with van der Waals surface area (Å²) >= 11 is 1.62. The molecule has 1 fully saturated rings. The number of benzene rings is 1. The molecule has 0 saturated carbocycles. The van der Waals surface area contributed by atoms with Crippen LogP contribution in [0.5, 0.6) is 0 Å². The van der Waals surface area contributed by atoms with E-state index in [1.165, 1.54) is 12.0 Å². The number of nitrogens with one attached hydrogen (secondary N) is 2. The van der Waals surface area contributed by atoms with Gasteiger partial charge in [0.05, 0.1) is 11.2 Å². The molecule has 1 aromatic heterocycles. The fraction of sp³-hybridized carbons (Fsp3) is 0.444. The fourth-order valence-electron chi connectivity index (χ4n) is 3.07. The molecule has 26 heavy (non-hydrogen) atoms. The summed E-state index contributed by atoms with van der Waals surface area (Å²) in [6.07, 6.45) is 2.81. The minimum absolute atomic E-state index is 0. The molecule has 1 saturated heterocycles. The minimum Gasteiger partial charge on any atom is -0.326 e. The zero-order valence-corrected chi connectivity index (χ0v) is 17.3. The van der Waals surface area contributed by atoms with Gasteiger partial charge in [0.15, 0.2) is 0 Å². The summed E-state index contributed by atoms with van der Waals surface area (Å²) < 4.78 is 0. The van der Waals surface area contributed by atoms with Crippen LogP contribution in [-0.2, 0) is 17.9 Å². The second kappa shape index (κ2) is 11.5. The molecule has 0 spiro atoms. The highest BCUT2D eigenvalue weighted by Crippen LogP contribution is 2.15. The third kappa shape index (κ3) is 7.21. The summed E-state index contributed by atoms with van der Waals surface area (Å²) in [5.41, 5.74) is 5.01. The zero-order chi connectivity index (χ0) is 16.8. The molecule has 1 aliphatic rings. The molecular formula is C18H26Cl2N4OS. The van der Waals surface area contributed by atoms with Gasteiger partial charge in [-0.05, 0) is 44.1 Å². The Bertz CT molecular complexity index is 663. The highest BCUT2D eigenvalue weighted by molar-refractivity contribution is 7.07. The Labute approximate surface area is 171 Å². The number of nitrogens with zero attached hydrogens (tertiary/aromatic N) is 2. The van der Waals surface area contributed by atoms with Crippen molar-refractivity contribution in [1.29, 1.82) is 0 Å². The van der Waals surface area contributed by atoms with E-state index in [9.17, 15) is 4.79 Å². The van der Waals surface area contributed by atoms with Gasteiger partial charge in [-0.1, -0.05) is 12.1 Å². The maximum Gasteiger partial charge on any atom is 0.225 e. The van der Waals surface area contributed by atoms with Crippen molar-refractivity contribution < 1.29 is 4.79 Å². The van der Waals surface area contributed by atoms with Crippen molar-refractivity contribution in [2.45, 2.75) is 38.4 Å². The van der Waals surface area contributed by atoms with Gasteiger partial charge in [-0.25, -0.2) is 4.98 Å². The molecule has 0 bridgehead atoms. The topological polar surface area (TPSA) is 57.3 Å². The molecule has 2 N–H and O–H groups in total. The summed E-state index contributed by atoms with van der Waals surface area (Å²) in [5.74, 6) is 0.0855. The third-order valence-corrected chi connectivity index (χ3v) is 4.81. The van der Waals surface area contributed by atoms with Gasteiger partial charge in [-0.3, -0.25) is 9.69 Å². The first-order valence-corrected chi connectivity index (χ1v) is 9.31. The van der Waals surface area contributed by atoms with Crippen LogP contribution in [-0.4, -0.2) is 35.4 Å². The smallest absolute Gasteiger partial charge is 0.225 e. The zero-order valence-electron chi connectivity index (χ0n) is 14.8. The molecule has 1 atom stereocenters. The molecule has 1 unspecified atom stereocenters. The van der Waals surface area contributed by atoms with Crippen LogP contribution in [0.4, 0.5) is 5.69 Å². The van der Waals surface area contributed by atoms with E-state index in [-0.39, 0.29) is 30.7 Å². The lowest BCUT2D eigenvalue weighted by Crippen LogP contribution is -2.27. The summed E-state index contributed by atoms with van der Waals surface area (Å²) in [5, 5.41) is 8.45. The van der Waals surface area contributed by atoms with E-state index < -0.39 is 0 Å². The molecule has 144 valence electrons. The number of rotatable bonds is 7. The molecule has 0 radical (unpaired) electrons. The number of carbonyl (C=O) groups is 1. The van der Waals surface area contributed by atoms with Crippen molar-refractivity contribution in [3.05, 3.63) is 46.4 Å². The number of thiazole rings is 1. The first kappa shape index (κ1) is 22.9. The largest absolute Gasteiger partial charge is 0.326 e. The van der Waals surface area contributed by atoms with Gasteiger partial charge < -0.3 is 10.6 Å². The number of carbonyl (C=O) groups excluding carboxylic acids is 1. The van der Waals surface area contributed by atoms with E-state index in [0.29, 0.717) is 12.5 Å². The lowest BCUT2D eigenvalue weighted by Gasteiger charge is -2.16. The van der Waals surface area contributed by atoms with Crippen LogP contribution in [0.2, 0.25) is 0 Å². The Morgan fingerprint density at radius 1 is 1.38 bits per heavy atom. The van der Waals surface area contributed by atoms with Crippen molar-refractivity contribution in [1.82, 2.24) is 15.2 Å². The predicted molar refractivity (Wildman–Crippen MR) is 112 cm³/mol. The number of anilines is 1. The number of halogens is 2. The average Bonchev–Trinajstić information content (AvgIpc) is 3.21. The fourth-order valence-corrected chi connectivity index (χ4v) is 3.62. The molecule has 1 amide bonds. The van der Waals surface area contributed by atoms with Gasteiger partial charge in [0.1, 0.15) is 0 Å². The van der Waals surface area contributed by atoms with E-state index in [1.807, 2.05) is 17.6 Å². The van der Waals surface area contributed by atoms with Gasteiger partial charge in [0.25, 0.3) is 0 Å². The monoisotopic (exact) mass is 416 g/mol. The van der Waals surface area contributed by atoms with Gasteiger partial charge in [-0.2, -0.15) is 0 Å². The maximum atomic E-state index is 12.1. The van der Waals surface area contributed by atoms with E-state index in [2.05, 4.69) is 45.1 Å². The van der Waals surface area contributed by atoms with Gasteiger partial charge >= 0.3 is 0 Å². The molecule has 3 rings (SSSR count). The Hall–Kier alpha value is -1.18. The van der Waals surface area contributed by atoms with E-state index in [1.54, 1.807) is 11.3 Å². The molecule has 1 aromatic carbocycles. The lowest BCUT2D eigenvalue weighted by atomic mass is 10.1. The summed E-state index contributed by atoms with van der Waals surface area (Å²) in [7, 11) is 2.08. The van der Waals surface area contributed by atoms with E-state index in [4.69, 9.17) is 0 Å². The third-order valence-electron chi connectivity index (χ3n) is 4.17. The Morgan fingerprint density at radius 2 is 2.23 bits per heavy atom. The van der Waals surface area contributed by atoms with Crippen LogP contribution in [0.15, 0.2) is 35.2 Å². The summed E-state index contributed by atoms with van der Waals surface area (Å²) in [6, 6.07) is 8.42. The number of hydrogen-bond acceptors (Lipinski definition) is 5. The molecule has 5 nitrogen and oxygen atoms in total. The van der Waals surface area contributed by atoms with Crippen LogP contribution in [0, 0.1) is 0 Å². The minimum atomic E-state index is 0. The lowest BCUT2D eigenvalue weighted by molar-refractivity contribution is -0.116. The van der Waals surface area contributed by atoms with Crippen molar-refractivity contribution in [2.75, 3.05) is 18.9 Å². The summed E-state index contributed by atoms with van der Waals surface area (Å²) in [4.78, 5) is 18.7. The van der Waals surface area contributed by atoms with Crippen LogP contribution >= 0.6 is 36.2 Å². The number of amides is 1. The molecule has 8 heteroatoms. The first-order chi connectivity index (χ1) is 11.7. The molecule has 0 aliphatic carbocycles. The second-order valence-corrected chi connectivity index (χ2v) is 7.12. The van der Waals surface area contributed by atoms with Crippen LogP contribution in [0.25, 0.3) is 0 Å². The van der Waals surface area contributed by atoms with Crippen molar-refractivity contribution in [3.63, 3.8) is 0 Å². The quantitative estimate of drug-likeness (QED) is 0.722. The van der Waals surface area contributed by atoms with Crippen LogP contribution < -0.4 is 10.6 Å². The predicted octanol–water partition coefficient (Wildman–Crippen LogP) is 3.70. The Morgan fingerprint density at radius 3 is 2.92 bits per heavy atom. The molecule has 2 aromatic rings. The molecule has 1 aliphatic heterocycles. The summed E-state index contributed by atoms with van der Waals surface area (Å²) in [6.45, 7) is 2.68. The number of aromatic nitrogens is 1. The van der Waals surface area contributed by atoms with Crippen molar-refractivity contribution in [3.8, 4) is 0 Å². The van der Waals surface area contributed by atoms with Crippen LogP contribution in [0.1, 0.15) is 30.5 Å². The van der Waals surface area contributed by atoms with Crippen LogP contribution in [0.3, 0.4) is 0 Å². The highest BCUT2D eigenvalue weighted by atomic mass is 35.5. The second-order valence-electron chi connectivity index (χ2n) is 6.40. The van der Waals surface area contributed by atoms with Crippen molar-refractivity contribution in [2.24, 2.45) is 0 Å². The first-order valence-electron chi connectivity index (χ1n) is 8.37. The Kier molecular flexibility index (Phi) is 10.1. The molecule has 2 heterocycles. The average molecular weight is 417 g/mol. The molecular weight excluding hydrogens is 391 g/mol. The van der Waals surface area contributed by atoms with E-state index >= 15 is 0 Å². The Balaban J connectivity index is 0.00000169. The maximum absolute atomic E-state index is 12.1. The highest BCUT2D eigenvalue weighted by Gasteiger charge is 2.17. The van der Waals surface area contributed by atoms with E-state index in [0.717, 1.165) is 37.4 Å².